The molecule has 1 atom stereocenters. The van der Waals surface area contributed by atoms with Crippen LogP contribution in [0.2, 0.25) is 0 Å². The van der Waals surface area contributed by atoms with Crippen LogP contribution >= 0.6 is 0 Å². The van der Waals surface area contributed by atoms with Crippen LogP contribution in [0.1, 0.15) is 0 Å². The van der Waals surface area contributed by atoms with Crippen molar-refractivity contribution in [3.05, 3.63) is 43.0 Å². The number of hydrogen-bond donors (Lipinski definition) is 2. The molecule has 3 rings (SSSR count). The highest BCUT2D eigenvalue weighted by Gasteiger charge is 2.30. The van der Waals surface area contributed by atoms with Gasteiger partial charge in [0.2, 0.25) is 5.95 Å². The van der Waals surface area contributed by atoms with E-state index in [0.29, 0.717) is 32.1 Å². The van der Waals surface area contributed by atoms with Crippen molar-refractivity contribution in [1.29, 1.82) is 0 Å². The molecule has 0 bridgehead atoms. The average molecular weight is 314 g/mol. The quantitative estimate of drug-likeness (QED) is 0.874. The second-order valence-electron chi connectivity index (χ2n) is 5.25. The molecule has 3 heterocycles. The maximum atomic E-state index is 11.3. The highest BCUT2D eigenvalue weighted by molar-refractivity contribution is 5.65. The number of nitrogens with zero attached hydrogens (tertiary/aromatic N) is 5. The van der Waals surface area contributed by atoms with Crippen molar-refractivity contribution in [3.8, 4) is 0 Å². The topological polar surface area (TPSA) is 94.5 Å². The fourth-order valence-corrected chi connectivity index (χ4v) is 2.61. The lowest BCUT2D eigenvalue weighted by molar-refractivity contribution is 0.135. The first kappa shape index (κ1) is 15.0. The van der Waals surface area contributed by atoms with Gasteiger partial charge in [0.15, 0.2) is 0 Å². The van der Waals surface area contributed by atoms with Crippen LogP contribution in [0.25, 0.3) is 0 Å². The SMILES string of the molecule is O=C(O)N1CCN(c2ncccn2)C(CNc2cccnc2)C1. The first-order valence-corrected chi connectivity index (χ1v) is 7.39. The molecule has 8 heteroatoms. The molecule has 23 heavy (non-hydrogen) atoms. The molecule has 2 aromatic rings. The van der Waals surface area contributed by atoms with E-state index in [2.05, 4.69) is 20.3 Å². The molecule has 0 radical (unpaired) electrons. The number of carbonyl (C=O) groups is 1. The Morgan fingerprint density at radius 2 is 2.09 bits per heavy atom. The molecule has 2 N–H and O–H groups in total. The largest absolute Gasteiger partial charge is 0.465 e. The fraction of sp³-hybridized carbons (Fsp3) is 0.333. The highest BCUT2D eigenvalue weighted by atomic mass is 16.4. The molecule has 1 unspecified atom stereocenters. The minimum absolute atomic E-state index is 0.0533. The van der Waals surface area contributed by atoms with Gasteiger partial charge in [0, 0.05) is 51.0 Å². The normalized spacial score (nSPS) is 17.8. The first-order chi connectivity index (χ1) is 11.2. The van der Waals surface area contributed by atoms with E-state index in [1.165, 1.54) is 4.90 Å². The maximum absolute atomic E-state index is 11.3. The van der Waals surface area contributed by atoms with Gasteiger partial charge in [-0.05, 0) is 18.2 Å². The van der Waals surface area contributed by atoms with Gasteiger partial charge in [0.1, 0.15) is 0 Å². The Hall–Kier alpha value is -2.90. The summed E-state index contributed by atoms with van der Waals surface area (Å²) in [5, 5.41) is 12.5. The summed E-state index contributed by atoms with van der Waals surface area (Å²) in [5.74, 6) is 0.621. The van der Waals surface area contributed by atoms with Crippen molar-refractivity contribution in [1.82, 2.24) is 19.9 Å². The molecular weight excluding hydrogens is 296 g/mol. The zero-order valence-electron chi connectivity index (χ0n) is 12.5. The molecule has 0 aliphatic carbocycles. The van der Waals surface area contributed by atoms with E-state index >= 15 is 0 Å². The maximum Gasteiger partial charge on any atom is 0.407 e. The van der Waals surface area contributed by atoms with Crippen LogP contribution in [0.3, 0.4) is 0 Å². The van der Waals surface area contributed by atoms with Gasteiger partial charge < -0.3 is 20.2 Å². The molecule has 1 saturated heterocycles. The van der Waals surface area contributed by atoms with Gasteiger partial charge in [-0.1, -0.05) is 0 Å². The molecular formula is C15H18N6O2. The zero-order chi connectivity index (χ0) is 16.1. The molecule has 1 amide bonds. The van der Waals surface area contributed by atoms with E-state index in [0.717, 1.165) is 5.69 Å². The molecule has 120 valence electrons. The number of aromatic nitrogens is 3. The summed E-state index contributed by atoms with van der Waals surface area (Å²) in [6.45, 7) is 1.99. The summed E-state index contributed by atoms with van der Waals surface area (Å²) in [7, 11) is 0. The van der Waals surface area contributed by atoms with Crippen molar-refractivity contribution >= 4 is 17.7 Å². The van der Waals surface area contributed by atoms with Crippen LogP contribution < -0.4 is 10.2 Å². The predicted molar refractivity (Wildman–Crippen MR) is 85.5 cm³/mol. The fourth-order valence-electron chi connectivity index (χ4n) is 2.61. The van der Waals surface area contributed by atoms with Crippen molar-refractivity contribution in [2.75, 3.05) is 36.4 Å². The Bertz CT molecular complexity index is 639. The number of piperazine rings is 1. The van der Waals surface area contributed by atoms with E-state index in [1.54, 1.807) is 30.9 Å². The molecule has 2 aromatic heterocycles. The van der Waals surface area contributed by atoms with Crippen LogP contribution in [0.15, 0.2) is 43.0 Å². The van der Waals surface area contributed by atoms with Gasteiger partial charge in [0.25, 0.3) is 0 Å². The van der Waals surface area contributed by atoms with Crippen molar-refractivity contribution in [2.45, 2.75) is 6.04 Å². The number of amides is 1. The summed E-state index contributed by atoms with van der Waals surface area (Å²) >= 11 is 0. The number of hydrogen-bond acceptors (Lipinski definition) is 6. The van der Waals surface area contributed by atoms with Crippen molar-refractivity contribution < 1.29 is 9.90 Å². The highest BCUT2D eigenvalue weighted by Crippen LogP contribution is 2.17. The molecule has 0 aromatic carbocycles. The third-order valence-electron chi connectivity index (χ3n) is 3.77. The summed E-state index contributed by atoms with van der Waals surface area (Å²) in [6.07, 6.45) is 5.93. The summed E-state index contributed by atoms with van der Waals surface area (Å²) in [5.41, 5.74) is 0.897. The lowest BCUT2D eigenvalue weighted by Crippen LogP contribution is -2.57. The Morgan fingerprint density at radius 1 is 1.26 bits per heavy atom. The van der Waals surface area contributed by atoms with E-state index in [1.807, 2.05) is 17.0 Å². The second kappa shape index (κ2) is 6.91. The summed E-state index contributed by atoms with van der Waals surface area (Å²) in [6, 6.07) is 5.49. The third kappa shape index (κ3) is 3.65. The number of carboxylic acid groups (broad SMARTS) is 1. The molecule has 1 aliphatic heterocycles. The molecule has 0 spiro atoms. The first-order valence-electron chi connectivity index (χ1n) is 7.39. The van der Waals surface area contributed by atoms with E-state index in [-0.39, 0.29) is 6.04 Å². The minimum atomic E-state index is -0.898. The lowest BCUT2D eigenvalue weighted by Gasteiger charge is -2.40. The van der Waals surface area contributed by atoms with Crippen LogP contribution in [0.4, 0.5) is 16.4 Å². The lowest BCUT2D eigenvalue weighted by atomic mass is 10.1. The molecule has 1 fully saturated rings. The van der Waals surface area contributed by atoms with Gasteiger partial charge in [0.05, 0.1) is 11.7 Å². The molecule has 0 saturated carbocycles. The Kier molecular flexibility index (Phi) is 4.51. The number of nitrogens with one attached hydrogen (secondary N) is 1. The van der Waals surface area contributed by atoms with Gasteiger partial charge in [-0.25, -0.2) is 14.8 Å². The Labute approximate surface area is 133 Å². The van der Waals surface area contributed by atoms with Crippen molar-refractivity contribution in [3.63, 3.8) is 0 Å². The monoisotopic (exact) mass is 314 g/mol. The summed E-state index contributed by atoms with van der Waals surface area (Å²) in [4.78, 5) is 27.4. The van der Waals surface area contributed by atoms with Crippen LogP contribution in [0, 0.1) is 0 Å². The third-order valence-corrected chi connectivity index (χ3v) is 3.77. The zero-order valence-corrected chi connectivity index (χ0v) is 12.5. The van der Waals surface area contributed by atoms with E-state index in [4.69, 9.17) is 0 Å². The predicted octanol–water partition coefficient (Wildman–Crippen LogP) is 1.15. The van der Waals surface area contributed by atoms with Gasteiger partial charge >= 0.3 is 6.09 Å². The summed E-state index contributed by atoms with van der Waals surface area (Å²) < 4.78 is 0. The smallest absolute Gasteiger partial charge is 0.407 e. The Balaban J connectivity index is 1.73. The number of anilines is 2. The van der Waals surface area contributed by atoms with Crippen molar-refractivity contribution in [2.24, 2.45) is 0 Å². The van der Waals surface area contributed by atoms with Crippen LogP contribution in [0.5, 0.6) is 0 Å². The number of pyridine rings is 1. The molecule has 8 nitrogen and oxygen atoms in total. The minimum Gasteiger partial charge on any atom is -0.465 e. The molecule has 1 aliphatic rings. The van der Waals surface area contributed by atoms with Gasteiger partial charge in [-0.2, -0.15) is 0 Å². The second-order valence-corrected chi connectivity index (χ2v) is 5.25. The van der Waals surface area contributed by atoms with Gasteiger partial charge in [-0.3, -0.25) is 4.98 Å². The van der Waals surface area contributed by atoms with Gasteiger partial charge in [-0.15, -0.1) is 0 Å². The van der Waals surface area contributed by atoms with Crippen LogP contribution in [-0.4, -0.2) is 63.3 Å². The van der Waals surface area contributed by atoms with Crippen LogP contribution in [-0.2, 0) is 0 Å². The average Bonchev–Trinajstić information content (AvgIpc) is 2.61. The van der Waals surface area contributed by atoms with E-state index < -0.39 is 6.09 Å². The standard InChI is InChI=1S/C15H18N6O2/c22-15(23)20-7-8-21(14-17-5-2-6-18-14)13(11-20)10-19-12-3-1-4-16-9-12/h1-6,9,13,19H,7-8,10-11H2,(H,22,23). The Morgan fingerprint density at radius 3 is 2.78 bits per heavy atom. The number of rotatable bonds is 4. The van der Waals surface area contributed by atoms with E-state index in [9.17, 15) is 9.90 Å².